The zero-order valence-electron chi connectivity index (χ0n) is 16.4. The van der Waals surface area contributed by atoms with Crippen molar-refractivity contribution in [2.24, 2.45) is 0 Å². The van der Waals surface area contributed by atoms with E-state index < -0.39 is 5.60 Å². The van der Waals surface area contributed by atoms with Crippen LogP contribution in [0.5, 0.6) is 0 Å². The van der Waals surface area contributed by atoms with Gasteiger partial charge in [0.15, 0.2) is 17.3 Å². The number of likely N-dealkylation sites (tertiary alicyclic amines) is 1. The summed E-state index contributed by atoms with van der Waals surface area (Å²) in [6.45, 7) is 4.84. The van der Waals surface area contributed by atoms with Crippen LogP contribution in [0.2, 0.25) is 0 Å². The lowest BCUT2D eigenvalue weighted by Gasteiger charge is -2.30. The highest BCUT2D eigenvalue weighted by atomic mass is 16.5. The minimum absolute atomic E-state index is 0.00547. The molecule has 0 aromatic carbocycles. The fourth-order valence-corrected chi connectivity index (χ4v) is 2.98. The highest BCUT2D eigenvalue weighted by molar-refractivity contribution is 5.91. The van der Waals surface area contributed by atoms with E-state index in [-0.39, 0.29) is 17.6 Å². The summed E-state index contributed by atoms with van der Waals surface area (Å²) >= 11 is 0. The molecule has 0 radical (unpaired) electrons. The lowest BCUT2D eigenvalue weighted by Crippen LogP contribution is -2.39. The van der Waals surface area contributed by atoms with Crippen LogP contribution >= 0.6 is 0 Å². The number of carbonyl (C=O) groups excluding carboxylic acids is 1. The van der Waals surface area contributed by atoms with E-state index in [2.05, 4.69) is 22.0 Å². The van der Waals surface area contributed by atoms with E-state index in [0.717, 1.165) is 12.8 Å². The van der Waals surface area contributed by atoms with Gasteiger partial charge >= 0.3 is 0 Å². The van der Waals surface area contributed by atoms with Crippen LogP contribution in [-0.4, -0.2) is 58.5 Å². The lowest BCUT2D eigenvalue weighted by atomic mass is 9.98. The molecule has 0 saturated carbocycles. The normalized spacial score (nSPS) is 17.3. The number of furan rings is 1. The first-order chi connectivity index (χ1) is 13.4. The smallest absolute Gasteiger partial charge is 0.289 e. The van der Waals surface area contributed by atoms with E-state index in [9.17, 15) is 9.90 Å². The minimum atomic E-state index is -1.12. The van der Waals surface area contributed by atoms with Gasteiger partial charge in [-0.15, -0.1) is 0 Å². The number of ether oxygens (including phenoxy) is 1. The first-order valence-electron chi connectivity index (χ1n) is 9.32. The third-order valence-corrected chi connectivity index (χ3v) is 4.38. The molecule has 3 rings (SSSR count). The molecule has 1 amide bonds. The number of methoxy groups -OCH3 is 1. The topological polar surface area (TPSA) is 102 Å². The predicted molar refractivity (Wildman–Crippen MR) is 99.6 cm³/mol. The standard InChI is InChI=1S/C20H25N3O5/c1-20(2,25)10-8-15-6-7-16(27-15)19(24)23-11-4-5-14(13-23)18-21-17(22-28-18)9-12-26-3/h6-7,14,25H,4-5,9,11-13H2,1-3H3. The highest BCUT2D eigenvalue weighted by Crippen LogP contribution is 2.27. The molecule has 8 nitrogen and oxygen atoms in total. The molecule has 1 saturated heterocycles. The average Bonchev–Trinajstić information content (AvgIpc) is 3.33. The molecule has 2 aromatic heterocycles. The second-order valence-corrected chi connectivity index (χ2v) is 7.35. The van der Waals surface area contributed by atoms with Gasteiger partial charge in [0.05, 0.1) is 12.5 Å². The molecule has 0 spiro atoms. The maximum Gasteiger partial charge on any atom is 0.289 e. The van der Waals surface area contributed by atoms with Gasteiger partial charge in [0.1, 0.15) is 5.60 Å². The molecule has 150 valence electrons. The number of rotatable bonds is 5. The molecular formula is C20H25N3O5. The van der Waals surface area contributed by atoms with Gasteiger partial charge in [0.25, 0.3) is 5.91 Å². The SMILES string of the molecule is COCCc1noc(C2CCCN(C(=O)c3ccc(C#CC(C)(C)O)o3)C2)n1. The molecule has 8 heteroatoms. The molecule has 1 atom stereocenters. The fourth-order valence-electron chi connectivity index (χ4n) is 2.98. The van der Waals surface area contributed by atoms with Crippen molar-refractivity contribution < 1.29 is 23.6 Å². The summed E-state index contributed by atoms with van der Waals surface area (Å²) in [4.78, 5) is 19.0. The van der Waals surface area contributed by atoms with Gasteiger partial charge in [-0.3, -0.25) is 4.79 Å². The Morgan fingerprint density at radius 2 is 2.29 bits per heavy atom. The number of amides is 1. The Morgan fingerprint density at radius 3 is 3.04 bits per heavy atom. The van der Waals surface area contributed by atoms with Gasteiger partial charge in [0, 0.05) is 26.6 Å². The Kier molecular flexibility index (Phi) is 6.17. The van der Waals surface area contributed by atoms with Gasteiger partial charge < -0.3 is 23.7 Å². The summed E-state index contributed by atoms with van der Waals surface area (Å²) in [5.41, 5.74) is -1.12. The van der Waals surface area contributed by atoms with E-state index in [4.69, 9.17) is 13.7 Å². The molecule has 1 N–H and O–H groups in total. The molecule has 28 heavy (non-hydrogen) atoms. The molecule has 1 aliphatic rings. The van der Waals surface area contributed by atoms with E-state index in [0.29, 0.717) is 43.6 Å². The van der Waals surface area contributed by atoms with Crippen LogP contribution in [0.1, 0.15) is 60.6 Å². The van der Waals surface area contributed by atoms with E-state index in [1.807, 2.05) is 0 Å². The number of aromatic nitrogens is 2. The van der Waals surface area contributed by atoms with Crippen molar-refractivity contribution >= 4 is 5.91 Å². The monoisotopic (exact) mass is 387 g/mol. The lowest BCUT2D eigenvalue weighted by molar-refractivity contribution is 0.0663. The zero-order chi connectivity index (χ0) is 20.1. The van der Waals surface area contributed by atoms with Crippen molar-refractivity contribution in [2.45, 2.75) is 44.6 Å². The summed E-state index contributed by atoms with van der Waals surface area (Å²) in [5.74, 6) is 6.96. The van der Waals surface area contributed by atoms with Crippen LogP contribution in [0, 0.1) is 11.8 Å². The maximum atomic E-state index is 12.8. The van der Waals surface area contributed by atoms with Crippen LogP contribution < -0.4 is 0 Å². The Morgan fingerprint density at radius 1 is 1.46 bits per heavy atom. The second kappa shape index (κ2) is 8.59. The van der Waals surface area contributed by atoms with E-state index in [1.165, 1.54) is 0 Å². The predicted octanol–water partition coefficient (Wildman–Crippen LogP) is 1.99. The van der Waals surface area contributed by atoms with E-state index in [1.54, 1.807) is 38.0 Å². The van der Waals surface area contributed by atoms with Crippen LogP contribution in [0.3, 0.4) is 0 Å². The van der Waals surface area contributed by atoms with Crippen LogP contribution in [0.25, 0.3) is 0 Å². The van der Waals surface area contributed by atoms with Crippen molar-refractivity contribution in [3.63, 3.8) is 0 Å². The molecule has 0 aliphatic carbocycles. The molecular weight excluding hydrogens is 362 g/mol. The number of hydrogen-bond acceptors (Lipinski definition) is 7. The summed E-state index contributed by atoms with van der Waals surface area (Å²) in [6.07, 6.45) is 2.32. The number of aliphatic hydroxyl groups is 1. The number of carbonyl (C=O) groups is 1. The van der Waals surface area contributed by atoms with Gasteiger partial charge in [-0.1, -0.05) is 11.1 Å². The average molecular weight is 387 g/mol. The Bertz CT molecular complexity index is 868. The van der Waals surface area contributed by atoms with Crippen molar-refractivity contribution in [3.05, 3.63) is 35.4 Å². The number of piperidine rings is 1. The first kappa shape index (κ1) is 20.1. The van der Waals surface area contributed by atoms with Gasteiger partial charge in [-0.2, -0.15) is 4.98 Å². The molecule has 2 aromatic rings. The zero-order valence-corrected chi connectivity index (χ0v) is 16.4. The van der Waals surface area contributed by atoms with Crippen LogP contribution in [-0.2, 0) is 11.2 Å². The van der Waals surface area contributed by atoms with Gasteiger partial charge in [-0.25, -0.2) is 0 Å². The van der Waals surface area contributed by atoms with Crippen molar-refractivity contribution in [1.82, 2.24) is 15.0 Å². The molecule has 0 bridgehead atoms. The third-order valence-electron chi connectivity index (χ3n) is 4.38. The van der Waals surface area contributed by atoms with Crippen LogP contribution in [0.15, 0.2) is 21.1 Å². The third kappa shape index (κ3) is 5.21. The van der Waals surface area contributed by atoms with Crippen molar-refractivity contribution in [1.29, 1.82) is 0 Å². The quantitative estimate of drug-likeness (QED) is 0.783. The molecule has 1 fully saturated rings. The Balaban J connectivity index is 1.65. The Labute approximate surface area is 163 Å². The van der Waals surface area contributed by atoms with E-state index >= 15 is 0 Å². The minimum Gasteiger partial charge on any atom is -0.443 e. The summed E-state index contributed by atoms with van der Waals surface area (Å²) in [5, 5.41) is 13.6. The highest BCUT2D eigenvalue weighted by Gasteiger charge is 2.30. The molecule has 1 unspecified atom stereocenters. The Hall–Kier alpha value is -2.63. The summed E-state index contributed by atoms with van der Waals surface area (Å²) in [6, 6.07) is 3.24. The summed E-state index contributed by atoms with van der Waals surface area (Å²) in [7, 11) is 1.63. The molecule has 1 aliphatic heterocycles. The number of hydrogen-bond donors (Lipinski definition) is 1. The summed E-state index contributed by atoms with van der Waals surface area (Å²) < 4.78 is 16.0. The fraction of sp³-hybridized carbons (Fsp3) is 0.550. The maximum absolute atomic E-state index is 12.8. The first-order valence-corrected chi connectivity index (χ1v) is 9.32. The van der Waals surface area contributed by atoms with Crippen molar-refractivity contribution in [2.75, 3.05) is 26.8 Å². The second-order valence-electron chi connectivity index (χ2n) is 7.35. The molecule has 3 heterocycles. The number of nitrogens with zero attached hydrogens (tertiary/aromatic N) is 3. The largest absolute Gasteiger partial charge is 0.443 e. The van der Waals surface area contributed by atoms with Gasteiger partial charge in [-0.05, 0) is 44.7 Å². The van der Waals surface area contributed by atoms with Crippen molar-refractivity contribution in [3.8, 4) is 11.8 Å². The van der Waals surface area contributed by atoms with Crippen LogP contribution in [0.4, 0.5) is 0 Å². The van der Waals surface area contributed by atoms with Gasteiger partial charge in [0.2, 0.25) is 5.89 Å².